The van der Waals surface area contributed by atoms with Crippen LogP contribution in [0.15, 0.2) is 77.4 Å². The van der Waals surface area contributed by atoms with E-state index >= 15 is 0 Å². The first-order chi connectivity index (χ1) is 22.2. The molecule has 0 amide bonds. The zero-order valence-corrected chi connectivity index (χ0v) is 31.0. The zero-order chi connectivity index (χ0) is 33.8. The highest BCUT2D eigenvalue weighted by molar-refractivity contribution is 5.82. The molecule has 0 aromatic heterocycles. The number of allylic oxidation sites excluding steroid dienone is 3. The van der Waals surface area contributed by atoms with Crippen molar-refractivity contribution in [3.8, 4) is 0 Å². The lowest BCUT2D eigenvalue weighted by Crippen LogP contribution is -2.55. The van der Waals surface area contributed by atoms with Gasteiger partial charge in [-0.1, -0.05) is 133 Å². The summed E-state index contributed by atoms with van der Waals surface area (Å²) in [7, 11) is 0. The van der Waals surface area contributed by atoms with E-state index in [1.54, 1.807) is 18.1 Å². The van der Waals surface area contributed by atoms with Gasteiger partial charge >= 0.3 is 5.97 Å². The van der Waals surface area contributed by atoms with E-state index < -0.39 is 0 Å². The van der Waals surface area contributed by atoms with E-state index in [0.29, 0.717) is 23.7 Å². The van der Waals surface area contributed by atoms with Crippen molar-refractivity contribution in [2.45, 2.75) is 133 Å². The molecule has 2 saturated carbocycles. The molecule has 0 bridgehead atoms. The molecule has 0 saturated heterocycles. The van der Waals surface area contributed by atoms with Crippen LogP contribution >= 0.6 is 0 Å². The normalized spacial score (nSPS) is 33.4. The van der Waals surface area contributed by atoms with Crippen molar-refractivity contribution in [1.82, 2.24) is 0 Å². The van der Waals surface area contributed by atoms with Gasteiger partial charge in [0.1, 0.15) is 6.10 Å². The number of carbonyl (C=O) groups excluding carboxylic acids is 1. The second-order valence-electron chi connectivity index (χ2n) is 17.7. The van der Waals surface area contributed by atoms with Crippen LogP contribution in [0.1, 0.15) is 138 Å². The Labute approximate surface area is 286 Å². The molecule has 2 heteroatoms. The van der Waals surface area contributed by atoms with Crippen LogP contribution in [0.4, 0.5) is 0 Å². The Hall–Kier alpha value is -2.61. The number of benzene rings is 2. The molecule has 0 unspecified atom stereocenters. The van der Waals surface area contributed by atoms with E-state index in [4.69, 9.17) is 4.74 Å². The highest BCUT2D eigenvalue weighted by atomic mass is 16.5. The lowest BCUT2D eigenvalue weighted by atomic mass is 9.43. The number of carbonyl (C=O) groups is 1. The van der Waals surface area contributed by atoms with E-state index in [0.717, 1.165) is 12.8 Å². The average Bonchev–Trinajstić information content (AvgIpc) is 3.32. The van der Waals surface area contributed by atoms with E-state index in [9.17, 15) is 4.79 Å². The van der Waals surface area contributed by atoms with Crippen LogP contribution in [0.25, 0.3) is 5.57 Å². The summed E-state index contributed by atoms with van der Waals surface area (Å²) in [5.74, 6) is 2.37. The Morgan fingerprint density at radius 3 is 1.98 bits per heavy atom. The summed E-state index contributed by atoms with van der Waals surface area (Å²) in [6.07, 6.45) is 12.0. The highest BCUT2D eigenvalue weighted by Crippen LogP contribution is 2.73. The van der Waals surface area contributed by atoms with Crippen molar-refractivity contribution < 1.29 is 9.53 Å². The fourth-order valence-corrected chi connectivity index (χ4v) is 11.6. The molecule has 6 rings (SSSR count). The molecular weight excluding hydrogens is 572 g/mol. The minimum absolute atomic E-state index is 0.0135. The second kappa shape index (κ2) is 12.7. The first kappa shape index (κ1) is 34.3. The Kier molecular flexibility index (Phi) is 9.25. The van der Waals surface area contributed by atoms with Gasteiger partial charge in [-0.2, -0.15) is 0 Å². The third-order valence-corrected chi connectivity index (χ3v) is 14.9. The van der Waals surface area contributed by atoms with E-state index in [1.165, 1.54) is 68.1 Å². The lowest BCUT2D eigenvalue weighted by Gasteiger charge is -2.62. The van der Waals surface area contributed by atoms with Crippen LogP contribution in [0.2, 0.25) is 0 Å². The largest absolute Gasteiger partial charge is 0.462 e. The maximum Gasteiger partial charge on any atom is 0.302 e. The van der Waals surface area contributed by atoms with Crippen molar-refractivity contribution >= 4 is 11.5 Å². The minimum atomic E-state index is -0.127. The Morgan fingerprint density at radius 2 is 1.40 bits per heavy atom. The summed E-state index contributed by atoms with van der Waals surface area (Å²) in [4.78, 5) is 12.1. The molecule has 0 spiro atoms. The maximum absolute atomic E-state index is 12.1. The molecule has 254 valence electrons. The van der Waals surface area contributed by atoms with Gasteiger partial charge < -0.3 is 4.74 Å². The van der Waals surface area contributed by atoms with Crippen molar-refractivity contribution in [2.24, 2.45) is 45.3 Å². The smallest absolute Gasteiger partial charge is 0.302 e. The van der Waals surface area contributed by atoms with Crippen LogP contribution in [-0.4, -0.2) is 12.1 Å². The monoisotopic (exact) mass is 634 g/mol. The van der Waals surface area contributed by atoms with Crippen LogP contribution in [0.3, 0.4) is 0 Å². The second-order valence-corrected chi connectivity index (χ2v) is 17.7. The van der Waals surface area contributed by atoms with Crippen LogP contribution in [0, 0.1) is 45.3 Å². The molecule has 7 atom stereocenters. The third kappa shape index (κ3) is 5.68. The maximum atomic E-state index is 12.1. The number of esters is 1. The van der Waals surface area contributed by atoms with E-state index in [-0.39, 0.29) is 33.7 Å². The van der Waals surface area contributed by atoms with Gasteiger partial charge in [-0.15, -0.1) is 0 Å². The quantitative estimate of drug-likeness (QED) is 0.213. The molecule has 0 radical (unpaired) electrons. The molecule has 4 aliphatic rings. The first-order valence-electron chi connectivity index (χ1n) is 19.0. The zero-order valence-electron chi connectivity index (χ0n) is 31.0. The summed E-state index contributed by atoms with van der Waals surface area (Å²) in [6, 6.07) is 22.6. The van der Waals surface area contributed by atoms with Crippen LogP contribution in [-0.2, 0) is 9.53 Å². The number of hydrogen-bond acceptors (Lipinski definition) is 2. The standard InChI is InChI=1S/C45H62O2/c1-30(2)31(3)20-21-35(41(33-16-12-10-13-17-33)34-18-14-11-15-19-34)36-24-28-45(9)38-22-23-39-42(5,6)40(47-32(4)46)26-27-43(39,7)37(38)25-29-44(36,45)8/h10-19,30-31,36,39-40H,20-29H2,1-9H3/t31-,36+,39-,40-,43+,44+,45-/m0/s1. The van der Waals surface area contributed by atoms with Crippen molar-refractivity contribution in [3.63, 3.8) is 0 Å². The van der Waals surface area contributed by atoms with Gasteiger partial charge in [0, 0.05) is 12.3 Å². The summed E-state index contributed by atoms with van der Waals surface area (Å²) < 4.78 is 5.97. The summed E-state index contributed by atoms with van der Waals surface area (Å²) in [6.45, 7) is 21.6. The van der Waals surface area contributed by atoms with Crippen molar-refractivity contribution in [1.29, 1.82) is 0 Å². The molecular formula is C45H62O2. The van der Waals surface area contributed by atoms with Gasteiger partial charge in [0.2, 0.25) is 0 Å². The number of ether oxygens (including phenoxy) is 1. The number of rotatable bonds is 8. The Balaban J connectivity index is 1.45. The summed E-state index contributed by atoms with van der Waals surface area (Å²) >= 11 is 0. The lowest BCUT2D eigenvalue weighted by molar-refractivity contribution is -0.167. The molecule has 2 fully saturated rings. The minimum Gasteiger partial charge on any atom is -0.462 e. The van der Waals surface area contributed by atoms with Crippen molar-refractivity contribution in [3.05, 3.63) is 88.5 Å². The molecule has 2 aromatic carbocycles. The van der Waals surface area contributed by atoms with Gasteiger partial charge in [-0.25, -0.2) is 0 Å². The third-order valence-electron chi connectivity index (χ3n) is 14.9. The van der Waals surface area contributed by atoms with E-state index in [2.05, 4.69) is 116 Å². The number of fused-ring (bicyclic) bond motifs is 4. The Bertz CT molecular complexity index is 1470. The van der Waals surface area contributed by atoms with Crippen LogP contribution < -0.4 is 0 Å². The van der Waals surface area contributed by atoms with Crippen molar-refractivity contribution in [2.75, 3.05) is 0 Å². The topological polar surface area (TPSA) is 26.3 Å². The summed E-state index contributed by atoms with van der Waals surface area (Å²) in [5, 5.41) is 0. The van der Waals surface area contributed by atoms with E-state index in [1.807, 2.05) is 5.57 Å². The fraction of sp³-hybridized carbons (Fsp3) is 0.622. The molecule has 2 aromatic rings. The van der Waals surface area contributed by atoms with Crippen LogP contribution in [0.5, 0.6) is 0 Å². The number of hydrogen-bond donors (Lipinski definition) is 0. The predicted octanol–water partition coefficient (Wildman–Crippen LogP) is 12.2. The Morgan fingerprint density at radius 1 is 0.787 bits per heavy atom. The molecule has 0 N–H and O–H groups in total. The van der Waals surface area contributed by atoms with Gasteiger partial charge in [-0.05, 0) is 121 Å². The fourth-order valence-electron chi connectivity index (χ4n) is 11.6. The SMILES string of the molecule is CC(=O)O[C@H]1CC[C@]2(C)C3=C(CC[C@H]2C1(C)C)[C@]1(C)CC[C@H](C(CC[C@H](C)C(C)C)=C(c2ccccc2)c2ccccc2)[C@@]1(C)CC3. The van der Waals surface area contributed by atoms with Gasteiger partial charge in [0.25, 0.3) is 0 Å². The first-order valence-corrected chi connectivity index (χ1v) is 19.0. The molecule has 47 heavy (non-hydrogen) atoms. The summed E-state index contributed by atoms with van der Waals surface area (Å²) in [5.41, 5.74) is 10.2. The molecule has 2 nitrogen and oxygen atoms in total. The predicted molar refractivity (Wildman–Crippen MR) is 197 cm³/mol. The van der Waals surface area contributed by atoms with Gasteiger partial charge in [0.15, 0.2) is 0 Å². The van der Waals surface area contributed by atoms with Gasteiger partial charge in [0.05, 0.1) is 0 Å². The van der Waals surface area contributed by atoms with Gasteiger partial charge in [-0.3, -0.25) is 4.79 Å². The molecule has 4 aliphatic carbocycles. The average molecular weight is 635 g/mol. The molecule has 0 aliphatic heterocycles. The highest BCUT2D eigenvalue weighted by Gasteiger charge is 2.63. The molecule has 0 heterocycles.